The van der Waals surface area contributed by atoms with Crippen LogP contribution in [0.5, 0.6) is 0 Å². The molecule has 0 amide bonds. The molecule has 0 aliphatic heterocycles. The molecule has 0 unspecified atom stereocenters. The van der Waals surface area contributed by atoms with Gasteiger partial charge in [0, 0.05) is 37.9 Å². The van der Waals surface area contributed by atoms with Crippen molar-refractivity contribution in [1.29, 1.82) is 0 Å². The molecule has 0 atom stereocenters. The van der Waals surface area contributed by atoms with Crippen LogP contribution in [0.15, 0.2) is 29.7 Å². The minimum atomic E-state index is -3.52. The highest BCUT2D eigenvalue weighted by atomic mass is 32.2. The van der Waals surface area contributed by atoms with E-state index in [9.17, 15) is 8.42 Å². The Hall–Kier alpha value is -1.67. The Morgan fingerprint density at radius 2 is 2.09 bits per heavy atom. The van der Waals surface area contributed by atoms with Crippen LogP contribution in [-0.2, 0) is 23.0 Å². The van der Waals surface area contributed by atoms with Gasteiger partial charge in [-0.05, 0) is 26.3 Å². The van der Waals surface area contributed by atoms with Gasteiger partial charge in [-0.25, -0.2) is 18.1 Å². The van der Waals surface area contributed by atoms with Gasteiger partial charge in [0.2, 0.25) is 0 Å². The highest BCUT2D eigenvalue weighted by Crippen LogP contribution is 2.13. The minimum Gasteiger partial charge on any atom is -0.335 e. The number of imidazole rings is 1. The van der Waals surface area contributed by atoms with E-state index in [1.807, 2.05) is 24.6 Å². The molecule has 0 aromatic carbocycles. The van der Waals surface area contributed by atoms with Crippen molar-refractivity contribution in [1.82, 2.24) is 24.1 Å². The molecule has 2 rings (SSSR count). The van der Waals surface area contributed by atoms with Crippen molar-refractivity contribution in [3.63, 3.8) is 0 Å². The molecule has 0 radical (unpaired) electrons. The van der Waals surface area contributed by atoms with Crippen LogP contribution < -0.4 is 4.72 Å². The van der Waals surface area contributed by atoms with Crippen molar-refractivity contribution in [2.45, 2.75) is 51.2 Å². The summed E-state index contributed by atoms with van der Waals surface area (Å²) in [5, 5.41) is 4.27. The Morgan fingerprint density at radius 1 is 1.32 bits per heavy atom. The maximum Gasteiger partial charge on any atom is 0.257 e. The van der Waals surface area contributed by atoms with Crippen LogP contribution in [0.4, 0.5) is 0 Å². The molecular formula is C14H23N5O2S. The number of nitrogens with one attached hydrogen (secondary N) is 1. The van der Waals surface area contributed by atoms with Crippen molar-refractivity contribution in [2.24, 2.45) is 0 Å². The van der Waals surface area contributed by atoms with E-state index >= 15 is 0 Å². The summed E-state index contributed by atoms with van der Waals surface area (Å²) in [6.07, 6.45) is 6.77. The SMILES string of the molecule is CCc1nccn1CCCNS(=O)(=O)c1ccnn1C(C)C. The van der Waals surface area contributed by atoms with E-state index in [1.165, 1.54) is 16.9 Å². The van der Waals surface area contributed by atoms with Crippen molar-refractivity contribution >= 4 is 10.0 Å². The lowest BCUT2D eigenvalue weighted by atomic mass is 10.4. The summed E-state index contributed by atoms with van der Waals surface area (Å²) >= 11 is 0. The molecule has 0 aliphatic carbocycles. The minimum absolute atomic E-state index is 0.000337. The van der Waals surface area contributed by atoms with Crippen LogP contribution in [0, 0.1) is 0 Å². The zero-order chi connectivity index (χ0) is 16.2. The first-order valence-electron chi connectivity index (χ1n) is 7.49. The lowest BCUT2D eigenvalue weighted by Gasteiger charge is -2.12. The topological polar surface area (TPSA) is 81.8 Å². The van der Waals surface area contributed by atoms with Crippen molar-refractivity contribution in [2.75, 3.05) is 6.54 Å². The summed E-state index contributed by atoms with van der Waals surface area (Å²) in [5.41, 5.74) is 0. The lowest BCUT2D eigenvalue weighted by molar-refractivity contribution is 0.474. The van der Waals surface area contributed by atoms with Crippen molar-refractivity contribution in [3.05, 3.63) is 30.5 Å². The first-order valence-corrected chi connectivity index (χ1v) is 8.97. The summed E-state index contributed by atoms with van der Waals surface area (Å²) in [5.74, 6) is 1.01. The van der Waals surface area contributed by atoms with Gasteiger partial charge in [-0.1, -0.05) is 6.92 Å². The lowest BCUT2D eigenvalue weighted by Crippen LogP contribution is -2.28. The maximum atomic E-state index is 12.3. The molecule has 0 saturated carbocycles. The Balaban J connectivity index is 1.92. The van der Waals surface area contributed by atoms with E-state index in [1.54, 1.807) is 6.20 Å². The van der Waals surface area contributed by atoms with Gasteiger partial charge < -0.3 is 4.57 Å². The number of rotatable bonds is 8. The van der Waals surface area contributed by atoms with Gasteiger partial charge in [0.1, 0.15) is 5.82 Å². The number of hydrogen-bond donors (Lipinski definition) is 1. The molecule has 1 N–H and O–H groups in total. The molecule has 0 aliphatic rings. The summed E-state index contributed by atoms with van der Waals surface area (Å²) in [7, 11) is -3.52. The highest BCUT2D eigenvalue weighted by molar-refractivity contribution is 7.89. The Kier molecular flexibility index (Phi) is 5.36. The predicted octanol–water partition coefficient (Wildman–Crippen LogP) is 1.59. The van der Waals surface area contributed by atoms with Gasteiger partial charge in [0.15, 0.2) is 5.03 Å². The van der Waals surface area contributed by atoms with E-state index in [2.05, 4.69) is 21.7 Å². The largest absolute Gasteiger partial charge is 0.335 e. The van der Waals surface area contributed by atoms with Crippen molar-refractivity contribution in [3.8, 4) is 0 Å². The van der Waals surface area contributed by atoms with E-state index in [4.69, 9.17) is 0 Å². The molecule has 122 valence electrons. The van der Waals surface area contributed by atoms with E-state index in [-0.39, 0.29) is 11.1 Å². The van der Waals surface area contributed by atoms with Gasteiger partial charge in [-0.3, -0.25) is 4.68 Å². The molecule has 7 nitrogen and oxygen atoms in total. The monoisotopic (exact) mass is 325 g/mol. The first kappa shape index (κ1) is 16.7. The third kappa shape index (κ3) is 3.75. The molecule has 0 bridgehead atoms. The van der Waals surface area contributed by atoms with Crippen LogP contribution in [0.3, 0.4) is 0 Å². The number of aromatic nitrogens is 4. The molecule has 2 aromatic heterocycles. The van der Waals surface area contributed by atoms with Gasteiger partial charge in [0.05, 0.1) is 6.20 Å². The second-order valence-electron chi connectivity index (χ2n) is 5.35. The Morgan fingerprint density at radius 3 is 2.77 bits per heavy atom. The molecule has 8 heteroatoms. The summed E-state index contributed by atoms with van der Waals surface area (Å²) in [6.45, 7) is 6.98. The highest BCUT2D eigenvalue weighted by Gasteiger charge is 2.20. The van der Waals surface area contributed by atoms with Gasteiger partial charge in [-0.2, -0.15) is 5.10 Å². The molecule has 0 spiro atoms. The molecule has 2 heterocycles. The second-order valence-corrected chi connectivity index (χ2v) is 7.06. The average molecular weight is 325 g/mol. The van der Waals surface area contributed by atoms with Crippen LogP contribution in [0.25, 0.3) is 0 Å². The predicted molar refractivity (Wildman–Crippen MR) is 84.0 cm³/mol. The smallest absolute Gasteiger partial charge is 0.257 e. The quantitative estimate of drug-likeness (QED) is 0.747. The molecule has 22 heavy (non-hydrogen) atoms. The van der Waals surface area contributed by atoms with E-state index in [0.29, 0.717) is 13.0 Å². The van der Waals surface area contributed by atoms with Gasteiger partial charge in [-0.15, -0.1) is 0 Å². The molecule has 2 aromatic rings. The van der Waals surface area contributed by atoms with Gasteiger partial charge in [0.25, 0.3) is 10.0 Å². The number of nitrogens with zero attached hydrogens (tertiary/aromatic N) is 4. The van der Waals surface area contributed by atoms with Crippen LogP contribution in [-0.4, -0.2) is 34.3 Å². The average Bonchev–Trinajstić information content (AvgIpc) is 3.12. The maximum absolute atomic E-state index is 12.3. The molecular weight excluding hydrogens is 302 g/mol. The second kappa shape index (κ2) is 7.06. The normalized spacial score (nSPS) is 12.2. The third-order valence-corrected chi connectivity index (χ3v) is 4.84. The standard InChI is InChI=1S/C14H23N5O2S/c1-4-13-15-9-11-18(13)10-5-7-17-22(20,21)14-6-8-16-19(14)12(2)3/h6,8-9,11-12,17H,4-5,7,10H2,1-3H3. The number of sulfonamides is 1. The van der Waals surface area contributed by atoms with Crippen molar-refractivity contribution < 1.29 is 8.42 Å². The molecule has 0 saturated heterocycles. The van der Waals surface area contributed by atoms with Crippen LogP contribution >= 0.6 is 0 Å². The van der Waals surface area contributed by atoms with E-state index < -0.39 is 10.0 Å². The fraction of sp³-hybridized carbons (Fsp3) is 0.571. The third-order valence-electron chi connectivity index (χ3n) is 3.38. The summed E-state index contributed by atoms with van der Waals surface area (Å²) < 4.78 is 30.8. The Labute approximate surface area is 131 Å². The van der Waals surface area contributed by atoms with Crippen LogP contribution in [0.2, 0.25) is 0 Å². The fourth-order valence-electron chi connectivity index (χ4n) is 2.29. The summed E-state index contributed by atoms with van der Waals surface area (Å²) in [4.78, 5) is 4.25. The zero-order valence-corrected chi connectivity index (χ0v) is 14.0. The fourth-order valence-corrected chi connectivity index (χ4v) is 3.60. The first-order chi connectivity index (χ1) is 10.5. The van der Waals surface area contributed by atoms with E-state index in [0.717, 1.165) is 18.8 Å². The zero-order valence-electron chi connectivity index (χ0n) is 13.2. The number of aryl methyl sites for hydroxylation is 2. The summed E-state index contributed by atoms with van der Waals surface area (Å²) in [6, 6.07) is 1.52. The number of hydrogen-bond acceptors (Lipinski definition) is 4. The Bertz CT molecular complexity index is 702. The van der Waals surface area contributed by atoms with Crippen LogP contribution in [0.1, 0.15) is 39.1 Å². The van der Waals surface area contributed by atoms with Gasteiger partial charge >= 0.3 is 0 Å². The molecule has 0 fully saturated rings.